The minimum absolute atomic E-state index is 0. The monoisotopic (exact) mass is 470 g/mol. The molecule has 0 aliphatic carbocycles. The summed E-state index contributed by atoms with van der Waals surface area (Å²) in [6.45, 7) is 10.4. The van der Waals surface area contributed by atoms with Crippen molar-refractivity contribution in [2.75, 3.05) is 58.2 Å². The van der Waals surface area contributed by atoms with Crippen molar-refractivity contribution in [2.24, 2.45) is 11.1 Å². The molecule has 1 heterocycles. The minimum atomic E-state index is -0.488. The molecule has 1 aliphatic rings. The highest BCUT2D eigenvalue weighted by atomic mass is 35.5. The Labute approximate surface area is 194 Å². The van der Waals surface area contributed by atoms with Crippen molar-refractivity contribution in [1.29, 1.82) is 0 Å². The molecule has 29 heavy (non-hydrogen) atoms. The van der Waals surface area contributed by atoms with Gasteiger partial charge in [0.2, 0.25) is 5.91 Å². The fraction of sp³-hybridized carbons (Fsp3) is 0.650. The Morgan fingerprint density at radius 3 is 2.10 bits per heavy atom. The first-order valence-corrected chi connectivity index (χ1v) is 9.68. The van der Waals surface area contributed by atoms with Gasteiger partial charge >= 0.3 is 0 Å². The third-order valence-electron chi connectivity index (χ3n) is 5.61. The number of carbonyl (C=O) groups is 1. The van der Waals surface area contributed by atoms with E-state index in [1.807, 2.05) is 38.1 Å². The van der Waals surface area contributed by atoms with Crippen LogP contribution in [0.1, 0.15) is 26.7 Å². The van der Waals surface area contributed by atoms with Crippen molar-refractivity contribution in [2.45, 2.75) is 26.7 Å². The predicted octanol–water partition coefficient (Wildman–Crippen LogP) is 3.28. The maximum Gasteiger partial charge on any atom is 0.231 e. The van der Waals surface area contributed by atoms with Crippen LogP contribution in [0.2, 0.25) is 0 Å². The molecule has 0 bridgehead atoms. The molecule has 6 nitrogen and oxygen atoms in total. The van der Waals surface area contributed by atoms with Crippen LogP contribution in [0.3, 0.4) is 0 Å². The molecule has 170 valence electrons. The molecule has 1 aliphatic heterocycles. The Hall–Kier alpha value is -0.760. The average molecular weight is 472 g/mol. The van der Waals surface area contributed by atoms with Crippen molar-refractivity contribution in [3.8, 4) is 5.75 Å². The maximum absolute atomic E-state index is 12.6. The zero-order chi connectivity index (χ0) is 19.0. The molecule has 3 N–H and O–H groups in total. The average Bonchev–Trinajstić information content (AvgIpc) is 2.67. The van der Waals surface area contributed by atoms with Crippen LogP contribution < -0.4 is 15.8 Å². The number of likely N-dealkylation sites (N-methyl/N-ethyl adjacent to an activating group) is 1. The number of ether oxygens (including phenoxy) is 1. The second-order valence-electron chi connectivity index (χ2n) is 7.16. The molecule has 1 saturated heterocycles. The molecule has 0 unspecified atom stereocenters. The Kier molecular flexibility index (Phi) is 15.8. The summed E-state index contributed by atoms with van der Waals surface area (Å²) in [6.07, 6.45) is 1.47. The summed E-state index contributed by atoms with van der Waals surface area (Å²) in [6, 6.07) is 7.58. The number of hydrogen-bond donors (Lipinski definition) is 2. The summed E-state index contributed by atoms with van der Waals surface area (Å²) in [5.74, 6) is 0.821. The third kappa shape index (κ3) is 8.87. The van der Waals surface area contributed by atoms with Crippen molar-refractivity contribution in [1.82, 2.24) is 9.80 Å². The molecule has 2 rings (SSSR count). The lowest BCUT2D eigenvalue weighted by Gasteiger charge is -2.32. The summed E-state index contributed by atoms with van der Waals surface area (Å²) in [7, 11) is 2.16. The van der Waals surface area contributed by atoms with Gasteiger partial charge in [-0.15, -0.1) is 37.2 Å². The van der Waals surface area contributed by atoms with Gasteiger partial charge < -0.3 is 20.7 Å². The van der Waals surface area contributed by atoms with Gasteiger partial charge in [-0.2, -0.15) is 0 Å². The van der Waals surface area contributed by atoms with E-state index in [0.717, 1.165) is 57.0 Å². The molecule has 1 fully saturated rings. The highest BCUT2D eigenvalue weighted by molar-refractivity contribution is 5.95. The molecule has 1 aromatic carbocycles. The maximum atomic E-state index is 12.6. The van der Waals surface area contributed by atoms with E-state index in [2.05, 4.69) is 22.2 Å². The van der Waals surface area contributed by atoms with Gasteiger partial charge in [0, 0.05) is 45.0 Å². The van der Waals surface area contributed by atoms with E-state index in [9.17, 15) is 4.79 Å². The second-order valence-corrected chi connectivity index (χ2v) is 7.16. The van der Waals surface area contributed by atoms with Gasteiger partial charge in [-0.3, -0.25) is 9.69 Å². The topological polar surface area (TPSA) is 70.8 Å². The van der Waals surface area contributed by atoms with Gasteiger partial charge in [-0.1, -0.05) is 13.8 Å². The van der Waals surface area contributed by atoms with E-state index in [-0.39, 0.29) is 43.1 Å². The number of piperazine rings is 1. The van der Waals surface area contributed by atoms with Crippen molar-refractivity contribution < 1.29 is 9.53 Å². The smallest absolute Gasteiger partial charge is 0.231 e. The lowest BCUT2D eigenvalue weighted by atomic mass is 9.81. The van der Waals surface area contributed by atoms with Crippen LogP contribution in [0.5, 0.6) is 5.75 Å². The third-order valence-corrected chi connectivity index (χ3v) is 5.61. The molecule has 0 aromatic heterocycles. The van der Waals surface area contributed by atoms with Crippen LogP contribution in [-0.4, -0.2) is 68.6 Å². The van der Waals surface area contributed by atoms with Crippen LogP contribution in [-0.2, 0) is 4.79 Å². The van der Waals surface area contributed by atoms with E-state index in [1.54, 1.807) is 0 Å². The number of rotatable bonds is 9. The van der Waals surface area contributed by atoms with Gasteiger partial charge in [0.15, 0.2) is 0 Å². The van der Waals surface area contributed by atoms with Crippen molar-refractivity contribution in [3.63, 3.8) is 0 Å². The molecule has 1 amide bonds. The van der Waals surface area contributed by atoms with Crippen LogP contribution in [0, 0.1) is 5.41 Å². The summed E-state index contributed by atoms with van der Waals surface area (Å²) in [4.78, 5) is 17.3. The molecule has 0 spiro atoms. The summed E-state index contributed by atoms with van der Waals surface area (Å²) in [5, 5.41) is 2.99. The molecule has 0 atom stereocenters. The number of halogens is 3. The fourth-order valence-electron chi connectivity index (χ4n) is 3.21. The van der Waals surface area contributed by atoms with E-state index in [4.69, 9.17) is 10.5 Å². The zero-order valence-electron chi connectivity index (χ0n) is 17.7. The second kappa shape index (κ2) is 15.1. The Bertz CT molecular complexity index is 555. The van der Waals surface area contributed by atoms with Gasteiger partial charge in [0.1, 0.15) is 12.4 Å². The van der Waals surface area contributed by atoms with Crippen LogP contribution in [0.25, 0.3) is 0 Å². The quantitative estimate of drug-likeness (QED) is 0.578. The first-order valence-electron chi connectivity index (χ1n) is 9.68. The normalized spacial score (nSPS) is 14.8. The van der Waals surface area contributed by atoms with Crippen molar-refractivity contribution in [3.05, 3.63) is 24.3 Å². The number of hydrogen-bond acceptors (Lipinski definition) is 5. The number of nitrogens with zero attached hydrogens (tertiary/aromatic N) is 2. The van der Waals surface area contributed by atoms with Gasteiger partial charge in [-0.05, 0) is 44.2 Å². The van der Waals surface area contributed by atoms with E-state index in [0.29, 0.717) is 13.2 Å². The van der Waals surface area contributed by atoms with Crippen LogP contribution >= 0.6 is 37.2 Å². The fourth-order valence-corrected chi connectivity index (χ4v) is 3.21. The Morgan fingerprint density at radius 2 is 1.62 bits per heavy atom. The summed E-state index contributed by atoms with van der Waals surface area (Å²) < 4.78 is 5.84. The Morgan fingerprint density at radius 1 is 1.07 bits per heavy atom. The Balaban J connectivity index is 0. The lowest BCUT2D eigenvalue weighted by molar-refractivity contribution is -0.125. The summed E-state index contributed by atoms with van der Waals surface area (Å²) >= 11 is 0. The molecular weight excluding hydrogens is 435 g/mol. The first kappa shape index (κ1) is 30.4. The van der Waals surface area contributed by atoms with E-state index >= 15 is 0 Å². The predicted molar refractivity (Wildman–Crippen MR) is 128 cm³/mol. The van der Waals surface area contributed by atoms with Crippen molar-refractivity contribution >= 4 is 48.8 Å². The van der Waals surface area contributed by atoms with Crippen LogP contribution in [0.4, 0.5) is 5.69 Å². The minimum Gasteiger partial charge on any atom is -0.492 e. The standard InChI is InChI=1S/C20H34N4O2.3ClH/c1-4-20(5-2,16-21)19(25)22-17-6-8-18(9-7-17)26-15-14-24-12-10-23(3)11-13-24;;;/h6-9H,4-5,10-16,21H2,1-3H3,(H,22,25);3*1H. The van der Waals surface area contributed by atoms with Crippen LogP contribution in [0.15, 0.2) is 24.3 Å². The molecule has 1 aromatic rings. The number of nitrogens with two attached hydrogens (primary N) is 1. The van der Waals surface area contributed by atoms with Gasteiger partial charge in [0.25, 0.3) is 0 Å². The largest absolute Gasteiger partial charge is 0.492 e. The number of anilines is 1. The number of nitrogens with one attached hydrogen (secondary N) is 1. The zero-order valence-corrected chi connectivity index (χ0v) is 20.1. The first-order chi connectivity index (χ1) is 12.5. The highest BCUT2D eigenvalue weighted by Gasteiger charge is 2.33. The van der Waals surface area contributed by atoms with E-state index < -0.39 is 5.41 Å². The SMILES string of the molecule is CCC(CC)(CN)C(=O)Nc1ccc(OCCN2CCN(C)CC2)cc1.Cl.Cl.Cl. The lowest BCUT2D eigenvalue weighted by Crippen LogP contribution is -2.45. The highest BCUT2D eigenvalue weighted by Crippen LogP contribution is 2.27. The van der Waals surface area contributed by atoms with Gasteiger partial charge in [-0.25, -0.2) is 0 Å². The number of benzene rings is 1. The number of carbonyl (C=O) groups excluding carboxylic acids is 1. The van der Waals surface area contributed by atoms with Gasteiger partial charge in [0.05, 0.1) is 5.41 Å². The molecule has 0 saturated carbocycles. The molecule has 0 radical (unpaired) electrons. The molecular formula is C20H37Cl3N4O2. The number of amides is 1. The summed E-state index contributed by atoms with van der Waals surface area (Å²) in [5.41, 5.74) is 6.13. The molecule has 9 heteroatoms. The van der Waals surface area contributed by atoms with E-state index in [1.165, 1.54) is 0 Å².